The summed E-state index contributed by atoms with van der Waals surface area (Å²) in [4.78, 5) is 2.39. The molecular weight excluding hydrogens is 332 g/mol. The minimum absolute atomic E-state index is 0.0878. The first-order valence-corrected chi connectivity index (χ1v) is 9.02. The number of nitrogens with zero attached hydrogens (tertiary/aromatic N) is 1. The van der Waals surface area contributed by atoms with E-state index in [9.17, 15) is 0 Å². The van der Waals surface area contributed by atoms with Gasteiger partial charge in [-0.2, -0.15) is 0 Å². The Morgan fingerprint density at radius 3 is 2.64 bits per heavy atom. The van der Waals surface area contributed by atoms with Crippen molar-refractivity contribution in [1.82, 2.24) is 10.2 Å². The zero-order chi connectivity index (χ0) is 17.3. The number of hydrogen-bond acceptors (Lipinski definition) is 3. The van der Waals surface area contributed by atoms with Gasteiger partial charge in [-0.15, -0.1) is 0 Å². The van der Waals surface area contributed by atoms with E-state index in [0.717, 1.165) is 31.7 Å². The fraction of sp³-hybridized carbons (Fsp3) is 0.333. The minimum atomic E-state index is 0.0878. The zero-order valence-corrected chi connectivity index (χ0v) is 15.0. The molecule has 0 aliphatic carbocycles. The molecule has 1 atom stereocenters. The highest BCUT2D eigenvalue weighted by Crippen LogP contribution is 2.10. The molecule has 0 amide bonds. The first kappa shape index (κ1) is 18.0. The minimum Gasteiger partial charge on any atom is -0.374 e. The molecule has 1 aliphatic heterocycles. The van der Waals surface area contributed by atoms with E-state index in [2.05, 4.69) is 34.2 Å². The molecule has 4 heteroatoms. The summed E-state index contributed by atoms with van der Waals surface area (Å²) in [5.74, 6) is 6.64. The summed E-state index contributed by atoms with van der Waals surface area (Å²) >= 11 is 6.05. The van der Waals surface area contributed by atoms with Gasteiger partial charge in [-0.3, -0.25) is 4.90 Å². The van der Waals surface area contributed by atoms with Gasteiger partial charge in [0, 0.05) is 36.8 Å². The molecule has 130 valence electrons. The summed E-state index contributed by atoms with van der Waals surface area (Å²) in [6.07, 6.45) is 0. The number of piperazine rings is 1. The second-order valence-corrected chi connectivity index (χ2v) is 6.52. The number of ether oxygens (including phenoxy) is 1. The molecule has 3 rings (SSSR count). The van der Waals surface area contributed by atoms with Gasteiger partial charge < -0.3 is 10.1 Å². The van der Waals surface area contributed by atoms with Crippen molar-refractivity contribution in [3.05, 3.63) is 70.7 Å². The number of hydrogen-bond donors (Lipinski definition) is 1. The summed E-state index contributed by atoms with van der Waals surface area (Å²) in [7, 11) is 0. The van der Waals surface area contributed by atoms with E-state index < -0.39 is 0 Å². The lowest BCUT2D eigenvalue weighted by Gasteiger charge is -2.31. The molecular formula is C21H23ClN2O. The van der Waals surface area contributed by atoms with Crippen LogP contribution in [0.3, 0.4) is 0 Å². The lowest BCUT2D eigenvalue weighted by Crippen LogP contribution is -2.49. The van der Waals surface area contributed by atoms with Gasteiger partial charge in [-0.05, 0) is 23.8 Å². The van der Waals surface area contributed by atoms with Gasteiger partial charge in [-0.25, -0.2) is 0 Å². The Morgan fingerprint density at radius 1 is 1.08 bits per heavy atom. The predicted octanol–water partition coefficient (Wildman–Crippen LogP) is 3.18. The summed E-state index contributed by atoms with van der Waals surface area (Å²) in [5.41, 5.74) is 2.13. The van der Waals surface area contributed by atoms with Crippen molar-refractivity contribution in [2.75, 3.05) is 32.8 Å². The van der Waals surface area contributed by atoms with Crippen molar-refractivity contribution in [1.29, 1.82) is 0 Å². The van der Waals surface area contributed by atoms with Crippen LogP contribution in [0.1, 0.15) is 11.1 Å². The second kappa shape index (κ2) is 9.60. The Bertz CT molecular complexity index is 717. The quantitative estimate of drug-likeness (QED) is 0.835. The fourth-order valence-electron chi connectivity index (χ4n) is 2.83. The largest absolute Gasteiger partial charge is 0.374 e. The van der Waals surface area contributed by atoms with Gasteiger partial charge in [0.05, 0.1) is 19.3 Å². The first-order valence-electron chi connectivity index (χ1n) is 8.65. The lowest BCUT2D eigenvalue weighted by molar-refractivity contribution is 0.0660. The average molecular weight is 355 g/mol. The van der Waals surface area contributed by atoms with Gasteiger partial charge in [0.15, 0.2) is 0 Å². The molecule has 2 aromatic rings. The summed E-state index contributed by atoms with van der Waals surface area (Å²) in [6.45, 7) is 5.18. The van der Waals surface area contributed by atoms with Crippen molar-refractivity contribution in [2.45, 2.75) is 12.6 Å². The second-order valence-electron chi connectivity index (χ2n) is 6.08. The van der Waals surface area contributed by atoms with Crippen LogP contribution < -0.4 is 5.32 Å². The van der Waals surface area contributed by atoms with E-state index >= 15 is 0 Å². The molecule has 2 aromatic carbocycles. The van der Waals surface area contributed by atoms with E-state index in [1.165, 1.54) is 5.56 Å². The Morgan fingerprint density at radius 2 is 1.88 bits per heavy atom. The van der Waals surface area contributed by atoms with Crippen LogP contribution in [0.25, 0.3) is 0 Å². The number of rotatable bonds is 5. The molecule has 1 saturated heterocycles. The zero-order valence-electron chi connectivity index (χ0n) is 14.2. The van der Waals surface area contributed by atoms with Crippen LogP contribution in [0, 0.1) is 11.8 Å². The monoisotopic (exact) mass is 354 g/mol. The maximum atomic E-state index is 6.05. The molecule has 1 aliphatic rings. The molecule has 1 fully saturated rings. The van der Waals surface area contributed by atoms with Crippen molar-refractivity contribution in [2.24, 2.45) is 0 Å². The molecule has 0 radical (unpaired) electrons. The molecule has 0 saturated carbocycles. The maximum absolute atomic E-state index is 6.05. The normalized spacial score (nSPS) is 16.0. The predicted molar refractivity (Wildman–Crippen MR) is 103 cm³/mol. The highest BCUT2D eigenvalue weighted by molar-refractivity contribution is 6.30. The van der Waals surface area contributed by atoms with Crippen LogP contribution in [0.2, 0.25) is 5.02 Å². The third kappa shape index (κ3) is 5.88. The van der Waals surface area contributed by atoms with Gasteiger partial charge in [0.1, 0.15) is 0 Å². The highest BCUT2D eigenvalue weighted by Gasteiger charge is 2.18. The Balaban J connectivity index is 1.64. The van der Waals surface area contributed by atoms with Gasteiger partial charge in [-0.1, -0.05) is 59.8 Å². The smallest absolute Gasteiger partial charge is 0.0956 e. The van der Waals surface area contributed by atoms with Crippen LogP contribution in [0.5, 0.6) is 0 Å². The number of halogens is 1. The fourth-order valence-corrected chi connectivity index (χ4v) is 3.02. The van der Waals surface area contributed by atoms with E-state index in [1.807, 2.05) is 42.5 Å². The van der Waals surface area contributed by atoms with Crippen molar-refractivity contribution in [3.8, 4) is 11.8 Å². The SMILES string of the molecule is Clc1cccc(C#CC(COCc2ccccc2)N2CCNCC2)c1. The molecule has 1 N–H and O–H groups in total. The molecule has 1 heterocycles. The maximum Gasteiger partial charge on any atom is 0.0956 e. The average Bonchev–Trinajstić information content (AvgIpc) is 2.66. The van der Waals surface area contributed by atoms with E-state index in [4.69, 9.17) is 16.3 Å². The van der Waals surface area contributed by atoms with Crippen LogP contribution in [0.4, 0.5) is 0 Å². The van der Waals surface area contributed by atoms with Crippen LogP contribution >= 0.6 is 11.6 Å². The van der Waals surface area contributed by atoms with Crippen LogP contribution in [-0.4, -0.2) is 43.7 Å². The standard InChI is InChI=1S/C21H23ClN2O/c22-20-8-4-7-18(15-20)9-10-21(24-13-11-23-12-14-24)17-25-16-19-5-2-1-3-6-19/h1-8,15,21,23H,11-14,16-17H2. The Kier molecular flexibility index (Phi) is 6.90. The van der Waals surface area contributed by atoms with Crippen LogP contribution in [0.15, 0.2) is 54.6 Å². The molecule has 1 unspecified atom stereocenters. The Hall–Kier alpha value is -1.83. The highest BCUT2D eigenvalue weighted by atomic mass is 35.5. The van der Waals surface area contributed by atoms with Gasteiger partial charge in [0.25, 0.3) is 0 Å². The van der Waals surface area contributed by atoms with Gasteiger partial charge in [0.2, 0.25) is 0 Å². The van der Waals surface area contributed by atoms with Gasteiger partial charge >= 0.3 is 0 Å². The van der Waals surface area contributed by atoms with E-state index in [-0.39, 0.29) is 6.04 Å². The summed E-state index contributed by atoms with van der Waals surface area (Å²) < 4.78 is 5.96. The summed E-state index contributed by atoms with van der Waals surface area (Å²) in [5, 5.41) is 4.10. The summed E-state index contributed by atoms with van der Waals surface area (Å²) in [6, 6.07) is 18.0. The molecule has 0 spiro atoms. The third-order valence-electron chi connectivity index (χ3n) is 4.19. The van der Waals surface area contributed by atoms with E-state index in [0.29, 0.717) is 18.2 Å². The van der Waals surface area contributed by atoms with Crippen LogP contribution in [-0.2, 0) is 11.3 Å². The third-order valence-corrected chi connectivity index (χ3v) is 4.42. The molecule has 3 nitrogen and oxygen atoms in total. The first-order chi connectivity index (χ1) is 12.3. The van der Waals surface area contributed by atoms with Crippen molar-refractivity contribution >= 4 is 11.6 Å². The Labute approximate surface area is 154 Å². The number of benzene rings is 2. The lowest BCUT2D eigenvalue weighted by atomic mass is 10.2. The molecule has 0 aromatic heterocycles. The number of nitrogens with one attached hydrogen (secondary N) is 1. The van der Waals surface area contributed by atoms with Crippen molar-refractivity contribution < 1.29 is 4.74 Å². The van der Waals surface area contributed by atoms with Crippen molar-refractivity contribution in [3.63, 3.8) is 0 Å². The topological polar surface area (TPSA) is 24.5 Å². The van der Waals surface area contributed by atoms with E-state index in [1.54, 1.807) is 0 Å². The molecule has 25 heavy (non-hydrogen) atoms. The molecule has 0 bridgehead atoms.